The maximum absolute atomic E-state index is 11.9. The molecular formula is C62H113FN2. The van der Waals surface area contributed by atoms with Crippen LogP contribution >= 0.6 is 0 Å². The first kappa shape index (κ1) is 73.2. The van der Waals surface area contributed by atoms with Gasteiger partial charge in [0.25, 0.3) is 0 Å². The van der Waals surface area contributed by atoms with E-state index >= 15 is 0 Å². The van der Waals surface area contributed by atoms with Gasteiger partial charge >= 0.3 is 0 Å². The fourth-order valence-corrected chi connectivity index (χ4v) is 6.98. The summed E-state index contributed by atoms with van der Waals surface area (Å²) in [5, 5.41) is 3.64. The minimum absolute atomic E-state index is 0.0893. The van der Waals surface area contributed by atoms with Gasteiger partial charge in [0.15, 0.2) is 0 Å². The summed E-state index contributed by atoms with van der Waals surface area (Å²) < 4.78 is 11.9. The Labute approximate surface area is 409 Å². The molecule has 1 aromatic carbocycles. The molecule has 1 aromatic rings. The van der Waals surface area contributed by atoms with Gasteiger partial charge in [0, 0.05) is 17.3 Å². The minimum atomic E-state index is -0.157. The number of aryl methyl sites for hydroxylation is 1. The zero-order valence-corrected chi connectivity index (χ0v) is 47.7. The van der Waals surface area contributed by atoms with Gasteiger partial charge in [0.05, 0.1) is 17.6 Å². The van der Waals surface area contributed by atoms with Crippen LogP contribution in [0, 0.1) is 49.4 Å². The molecule has 0 aromatic heterocycles. The predicted molar refractivity (Wildman–Crippen MR) is 303 cm³/mol. The molecule has 1 N–H and O–H groups in total. The van der Waals surface area contributed by atoms with Crippen LogP contribution in [0.4, 0.5) is 4.39 Å². The van der Waals surface area contributed by atoms with E-state index in [1.807, 2.05) is 27.0 Å². The van der Waals surface area contributed by atoms with Gasteiger partial charge < -0.3 is 5.32 Å². The Hall–Kier alpha value is -3.38. The number of dihydropyridines is 1. The Kier molecular flexibility index (Phi) is 53.1. The first-order chi connectivity index (χ1) is 30.6. The molecule has 3 aliphatic rings. The van der Waals surface area contributed by atoms with Gasteiger partial charge in [0.2, 0.25) is 0 Å². The smallest absolute Gasteiger partial charge is 0.0997 e. The standard InChI is InChI=1S/C26H38N2.C6H9F.2C6H12.C5H12.C4H10.C3H8.C2H6.C2H4.C2H2/c1-9-14-26(15-10-2,18(4)5)23-13-12-22(16-19(23)6)25-17-24(27-11-3)20(7)21(8)28-25;1-4-5(2)6(3)7;1-5-3-6(2)4-5;1-2-6-4-3-5-6;1-4-5(2)3;1-4(2)3;1-3-2;3*1-2/h11-13,16-17,25,28H,4,9-10,14-15H2,1-3,5-8H3;4H,1H2,2-3H3;5-6H,3-4H2,1-2H3;6H,2-5H2,1H3;5H,4H2,1-3H3;4H,1-3H3;3H2,1-2H3;1-2H3;1-2H2;1-2H/b;6-5+;;;;;;;;. The molecule has 2 saturated carbocycles. The second-order valence-corrected chi connectivity index (χ2v) is 18.8. The lowest BCUT2D eigenvalue weighted by atomic mass is 9.67. The number of rotatable bonds is 11. The molecule has 2 fully saturated rings. The lowest BCUT2D eigenvalue weighted by Gasteiger charge is -2.37. The summed E-state index contributed by atoms with van der Waals surface area (Å²) >= 11 is 0. The highest BCUT2D eigenvalue weighted by atomic mass is 19.1. The molecule has 0 saturated heterocycles. The van der Waals surface area contributed by atoms with Crippen molar-refractivity contribution in [3.05, 3.63) is 107 Å². The number of hydrogen-bond donors (Lipinski definition) is 1. The third-order valence-corrected chi connectivity index (χ3v) is 11.3. The van der Waals surface area contributed by atoms with E-state index in [-0.39, 0.29) is 17.3 Å². The molecule has 3 heteroatoms. The second-order valence-electron chi connectivity index (χ2n) is 18.8. The monoisotopic (exact) mass is 905 g/mol. The molecule has 0 spiro atoms. The van der Waals surface area contributed by atoms with Crippen molar-refractivity contribution in [3.63, 3.8) is 0 Å². The van der Waals surface area contributed by atoms with Crippen LogP contribution < -0.4 is 5.32 Å². The van der Waals surface area contributed by atoms with Gasteiger partial charge in [0.1, 0.15) is 0 Å². The molecule has 1 atom stereocenters. The molecule has 1 aliphatic heterocycles. The Morgan fingerprint density at radius 3 is 1.52 bits per heavy atom. The quantitative estimate of drug-likeness (QED) is 0.102. The first-order valence-corrected chi connectivity index (χ1v) is 25.8. The third kappa shape index (κ3) is 35.5. The fraction of sp³-hybridized carbons (Fsp3) is 0.661. The molecule has 0 amide bonds. The van der Waals surface area contributed by atoms with Gasteiger partial charge in [-0.2, -0.15) is 0 Å². The van der Waals surface area contributed by atoms with Gasteiger partial charge in [-0.3, -0.25) is 4.99 Å². The van der Waals surface area contributed by atoms with Crippen LogP contribution in [0.2, 0.25) is 0 Å². The van der Waals surface area contributed by atoms with Crippen LogP contribution in [-0.4, -0.2) is 6.21 Å². The zero-order valence-electron chi connectivity index (χ0n) is 47.7. The van der Waals surface area contributed by atoms with E-state index < -0.39 is 0 Å². The van der Waals surface area contributed by atoms with Crippen molar-refractivity contribution in [2.75, 3.05) is 0 Å². The number of hydrogen-bond acceptors (Lipinski definition) is 2. The van der Waals surface area contributed by atoms with Crippen LogP contribution in [0.3, 0.4) is 0 Å². The van der Waals surface area contributed by atoms with Crippen molar-refractivity contribution < 1.29 is 4.39 Å². The average Bonchev–Trinajstić information content (AvgIpc) is 3.24. The van der Waals surface area contributed by atoms with Crippen molar-refractivity contribution in [1.82, 2.24) is 5.32 Å². The van der Waals surface area contributed by atoms with Crippen molar-refractivity contribution in [2.24, 2.45) is 34.6 Å². The Morgan fingerprint density at radius 2 is 1.31 bits per heavy atom. The summed E-state index contributed by atoms with van der Waals surface area (Å²) in [6.45, 7) is 60.4. The highest BCUT2D eigenvalue weighted by Gasteiger charge is 2.33. The SMILES string of the molecule is C#C.C=C.C=C(C)C(CCC)(CCC)c1ccc(C2C=C(N=CC)C(C)=C(C)N2)cc1C.C=C/C(C)=C(\C)F.CC.CC(C)C.CC1CC(C)C1.CCC.CCC(C)C.CCC1CCC1. The first-order valence-electron chi connectivity index (χ1n) is 25.8. The van der Waals surface area contributed by atoms with Crippen LogP contribution in [0.1, 0.15) is 245 Å². The molecule has 2 aliphatic carbocycles. The van der Waals surface area contributed by atoms with E-state index in [0.29, 0.717) is 5.57 Å². The van der Waals surface area contributed by atoms with Gasteiger partial charge in [-0.15, -0.1) is 26.0 Å². The van der Waals surface area contributed by atoms with E-state index in [2.05, 4.69) is 191 Å². The second kappa shape index (κ2) is 47.1. The summed E-state index contributed by atoms with van der Waals surface area (Å²) in [6, 6.07) is 7.16. The van der Waals surface area contributed by atoms with E-state index in [1.54, 1.807) is 6.92 Å². The van der Waals surface area contributed by atoms with Crippen LogP contribution in [0.15, 0.2) is 95.6 Å². The highest BCUT2D eigenvalue weighted by molar-refractivity contribution is 5.58. The molecule has 1 heterocycles. The Balaban J connectivity index is -0.000000190. The summed E-state index contributed by atoms with van der Waals surface area (Å²) in [6.07, 6.45) is 29.7. The van der Waals surface area contributed by atoms with E-state index in [1.165, 1.54) is 111 Å². The summed E-state index contributed by atoms with van der Waals surface area (Å²) in [5.74, 6) is 4.76. The summed E-state index contributed by atoms with van der Waals surface area (Å²) in [5.41, 5.74) is 9.57. The number of nitrogens with one attached hydrogen (secondary N) is 1. The Morgan fingerprint density at radius 1 is 0.877 bits per heavy atom. The minimum Gasteiger partial charge on any atom is -0.378 e. The molecule has 2 nitrogen and oxygen atoms in total. The maximum atomic E-state index is 11.9. The number of allylic oxidation sites excluding steroid dienone is 6. The Bertz CT molecular complexity index is 1420. The highest BCUT2D eigenvalue weighted by Crippen LogP contribution is 2.42. The molecular weight excluding hydrogens is 792 g/mol. The summed E-state index contributed by atoms with van der Waals surface area (Å²) in [7, 11) is 0. The molecule has 1 unspecified atom stereocenters. The van der Waals surface area contributed by atoms with Crippen molar-refractivity contribution in [1.29, 1.82) is 0 Å². The molecule has 4 rings (SSSR count). The largest absolute Gasteiger partial charge is 0.378 e. The van der Waals surface area contributed by atoms with Crippen molar-refractivity contribution in [3.8, 4) is 12.8 Å². The molecule has 378 valence electrons. The fourth-order valence-electron chi connectivity index (χ4n) is 6.98. The van der Waals surface area contributed by atoms with Crippen LogP contribution in [-0.2, 0) is 5.41 Å². The van der Waals surface area contributed by atoms with E-state index in [4.69, 9.17) is 0 Å². The van der Waals surface area contributed by atoms with Crippen molar-refractivity contribution >= 4 is 6.21 Å². The zero-order chi connectivity index (χ0) is 52.3. The molecule has 0 bridgehead atoms. The number of aliphatic imine (C=N–C) groups is 1. The van der Waals surface area contributed by atoms with Crippen LogP contribution in [0.5, 0.6) is 0 Å². The topological polar surface area (TPSA) is 24.4 Å². The number of terminal acetylenes is 1. The number of benzene rings is 1. The van der Waals surface area contributed by atoms with Gasteiger partial charge in [-0.1, -0.05) is 198 Å². The van der Waals surface area contributed by atoms with Crippen LogP contribution in [0.25, 0.3) is 0 Å². The molecule has 0 radical (unpaired) electrons. The molecule has 65 heavy (non-hydrogen) atoms. The summed E-state index contributed by atoms with van der Waals surface area (Å²) in [4.78, 5) is 4.57. The number of nitrogens with zero attached hydrogens (tertiary/aromatic N) is 1. The van der Waals surface area contributed by atoms with Crippen molar-refractivity contribution in [2.45, 2.75) is 241 Å². The van der Waals surface area contributed by atoms with Gasteiger partial charge in [-0.25, -0.2) is 4.39 Å². The normalized spacial score (nSPS) is 17.1. The van der Waals surface area contributed by atoms with E-state index in [0.717, 1.165) is 48.1 Å². The predicted octanol–water partition coefficient (Wildman–Crippen LogP) is 21.2. The maximum Gasteiger partial charge on any atom is 0.0997 e. The van der Waals surface area contributed by atoms with E-state index in [9.17, 15) is 4.39 Å². The average molecular weight is 906 g/mol. The lowest BCUT2D eigenvalue weighted by molar-refractivity contribution is 0.233. The number of halogens is 1. The lowest BCUT2D eigenvalue weighted by Crippen LogP contribution is -2.29. The third-order valence-electron chi connectivity index (χ3n) is 11.3. The van der Waals surface area contributed by atoms with Gasteiger partial charge in [-0.05, 0) is 138 Å².